The lowest BCUT2D eigenvalue weighted by Crippen LogP contribution is -2.31. The first kappa shape index (κ1) is 29.7. The fourth-order valence-electron chi connectivity index (χ4n) is 3.24. The number of hydrogen-bond acceptors (Lipinski definition) is 8. The fraction of sp³-hybridized carbons (Fsp3) is 0.462. The molecule has 4 aromatic rings. The summed E-state index contributed by atoms with van der Waals surface area (Å²) in [6.45, 7) is 5.35. The van der Waals surface area contributed by atoms with Gasteiger partial charge in [-0.2, -0.15) is 0 Å². The van der Waals surface area contributed by atoms with E-state index in [1.54, 1.807) is 27.7 Å². The molecule has 0 amide bonds. The Morgan fingerprint density at radius 3 is 1.91 bits per heavy atom. The molecule has 0 aliphatic rings. The van der Waals surface area contributed by atoms with Gasteiger partial charge in [0.25, 0.3) is 0 Å². The standard InChI is InChI=1S/C13H19N3S.C7H7N3S.C6H13I/c1-2-3-4-7-10-16(14)13-15-11-8-5-6-9-12(11)17-13;8-10-7-9-5-3-1-2-4-6(5)11-7;1-2-3-4-5-6-7/h5-6,8-9H,2-4,7,10,14H2,1H3;1-4H,8H2,(H,9,10);2-6H2,1H3. The Hall–Kier alpha value is -1.53. The highest BCUT2D eigenvalue weighted by Gasteiger charge is 2.07. The topological polar surface area (TPSA) is 93.1 Å². The lowest BCUT2D eigenvalue weighted by molar-refractivity contribution is 0.650. The number of benzene rings is 2. The number of nitrogens with zero attached hydrogens (tertiary/aromatic N) is 3. The van der Waals surface area contributed by atoms with E-state index in [2.05, 4.69) is 57.9 Å². The summed E-state index contributed by atoms with van der Waals surface area (Å²) in [5.41, 5.74) is 4.55. The average Bonchev–Trinajstić information content (AvgIpc) is 3.52. The number of para-hydroxylation sites is 2. The van der Waals surface area contributed by atoms with Crippen molar-refractivity contribution in [2.24, 2.45) is 11.7 Å². The molecule has 0 bridgehead atoms. The molecule has 2 heterocycles. The van der Waals surface area contributed by atoms with Gasteiger partial charge < -0.3 is 0 Å². The highest BCUT2D eigenvalue weighted by atomic mass is 127. The van der Waals surface area contributed by atoms with Crippen molar-refractivity contribution in [2.75, 3.05) is 21.4 Å². The first-order valence-electron chi connectivity index (χ1n) is 12.4. The van der Waals surface area contributed by atoms with Crippen molar-refractivity contribution in [3.8, 4) is 0 Å². The predicted molar refractivity (Wildman–Crippen MR) is 166 cm³/mol. The number of anilines is 2. The van der Waals surface area contributed by atoms with Crippen LogP contribution in [0.1, 0.15) is 65.2 Å². The minimum atomic E-state index is 0.756. The molecule has 192 valence electrons. The van der Waals surface area contributed by atoms with Gasteiger partial charge in [0.05, 0.1) is 20.4 Å². The molecule has 35 heavy (non-hydrogen) atoms. The van der Waals surface area contributed by atoms with Gasteiger partial charge in [-0.25, -0.2) is 21.7 Å². The molecule has 0 unspecified atom stereocenters. The molecule has 2 aromatic carbocycles. The van der Waals surface area contributed by atoms with E-state index in [0.29, 0.717) is 0 Å². The van der Waals surface area contributed by atoms with E-state index in [-0.39, 0.29) is 0 Å². The monoisotopic (exact) mass is 626 g/mol. The summed E-state index contributed by atoms with van der Waals surface area (Å²) in [7, 11) is 0. The number of thiazole rings is 2. The van der Waals surface area contributed by atoms with Gasteiger partial charge in [-0.3, -0.25) is 10.4 Å². The highest BCUT2D eigenvalue weighted by molar-refractivity contribution is 14.1. The van der Waals surface area contributed by atoms with E-state index in [1.807, 2.05) is 42.5 Å². The maximum absolute atomic E-state index is 6.02. The maximum Gasteiger partial charge on any atom is 0.200 e. The molecule has 0 radical (unpaired) electrons. The SMILES string of the molecule is CCCCCCI.CCCCCCN(N)c1nc2ccccc2s1.NNc1nc2ccccc2s1. The molecule has 6 nitrogen and oxygen atoms in total. The molecule has 0 saturated carbocycles. The second-order valence-electron chi connectivity index (χ2n) is 8.10. The second-order valence-corrected chi connectivity index (χ2v) is 11.2. The smallest absolute Gasteiger partial charge is 0.200 e. The molecule has 5 N–H and O–H groups in total. The van der Waals surface area contributed by atoms with Crippen LogP contribution in [0.2, 0.25) is 0 Å². The van der Waals surface area contributed by atoms with Gasteiger partial charge in [0.15, 0.2) is 5.13 Å². The Morgan fingerprint density at radius 2 is 1.37 bits per heavy atom. The normalized spacial score (nSPS) is 10.4. The molecular formula is C26H39IN6S2. The average molecular weight is 627 g/mol. The van der Waals surface area contributed by atoms with Crippen LogP contribution in [0.15, 0.2) is 48.5 Å². The number of fused-ring (bicyclic) bond motifs is 2. The summed E-state index contributed by atoms with van der Waals surface area (Å²) in [6.07, 6.45) is 10.5. The third kappa shape index (κ3) is 10.9. The molecule has 0 aliphatic carbocycles. The second kappa shape index (κ2) is 17.8. The Kier molecular flexibility index (Phi) is 15.1. The van der Waals surface area contributed by atoms with Gasteiger partial charge in [-0.05, 0) is 41.5 Å². The van der Waals surface area contributed by atoms with E-state index in [4.69, 9.17) is 11.7 Å². The van der Waals surface area contributed by atoms with Crippen molar-refractivity contribution in [3.63, 3.8) is 0 Å². The van der Waals surface area contributed by atoms with Crippen LogP contribution in [0.3, 0.4) is 0 Å². The first-order chi connectivity index (χ1) is 17.1. The van der Waals surface area contributed by atoms with Crippen LogP contribution in [0.5, 0.6) is 0 Å². The van der Waals surface area contributed by atoms with E-state index in [1.165, 1.54) is 54.1 Å². The molecule has 9 heteroatoms. The van der Waals surface area contributed by atoms with Crippen LogP contribution in [-0.2, 0) is 0 Å². The zero-order chi connectivity index (χ0) is 25.3. The number of aromatic nitrogens is 2. The quantitative estimate of drug-likeness (QED) is 0.0512. The third-order valence-corrected chi connectivity index (χ3v) is 7.99. The zero-order valence-electron chi connectivity index (χ0n) is 20.9. The Labute approximate surface area is 231 Å². The minimum absolute atomic E-state index is 0.756. The number of nitrogens with one attached hydrogen (secondary N) is 1. The number of nitrogen functional groups attached to an aromatic ring is 1. The summed E-state index contributed by atoms with van der Waals surface area (Å²) < 4.78 is 3.68. The Bertz CT molecular complexity index is 1010. The van der Waals surface area contributed by atoms with Crippen molar-refractivity contribution in [2.45, 2.75) is 65.2 Å². The number of hydrazine groups is 2. The number of alkyl halides is 1. The summed E-state index contributed by atoms with van der Waals surface area (Å²) in [5.74, 6) is 11.2. The van der Waals surface area contributed by atoms with E-state index >= 15 is 0 Å². The summed E-state index contributed by atoms with van der Waals surface area (Å²) in [6, 6.07) is 16.1. The van der Waals surface area contributed by atoms with E-state index < -0.39 is 0 Å². The van der Waals surface area contributed by atoms with Crippen LogP contribution < -0.4 is 22.1 Å². The fourth-order valence-corrected chi connectivity index (χ4v) is 5.47. The van der Waals surface area contributed by atoms with Gasteiger partial charge in [0.2, 0.25) is 5.13 Å². The summed E-state index contributed by atoms with van der Waals surface area (Å²) >= 11 is 5.64. The van der Waals surface area contributed by atoms with Gasteiger partial charge in [-0.1, -0.05) is 122 Å². The molecule has 0 atom stereocenters. The number of halogens is 1. The molecule has 0 spiro atoms. The van der Waals surface area contributed by atoms with E-state index in [9.17, 15) is 0 Å². The van der Waals surface area contributed by atoms with Crippen LogP contribution in [0, 0.1) is 0 Å². The maximum atomic E-state index is 6.02. The van der Waals surface area contributed by atoms with Crippen LogP contribution in [0.25, 0.3) is 20.4 Å². The largest absolute Gasteiger partial charge is 0.300 e. The Balaban J connectivity index is 0.000000206. The van der Waals surface area contributed by atoms with Crippen molar-refractivity contribution >= 4 is 76.0 Å². The first-order valence-corrected chi connectivity index (χ1v) is 15.5. The summed E-state index contributed by atoms with van der Waals surface area (Å²) in [4.78, 5) is 8.74. The van der Waals surface area contributed by atoms with Gasteiger partial charge in [0, 0.05) is 6.54 Å². The summed E-state index contributed by atoms with van der Waals surface area (Å²) in [5, 5.41) is 3.45. The zero-order valence-corrected chi connectivity index (χ0v) is 24.7. The molecule has 4 rings (SSSR count). The highest BCUT2D eigenvalue weighted by Crippen LogP contribution is 2.27. The molecule has 0 saturated heterocycles. The molecule has 0 fully saturated rings. The Morgan fingerprint density at radius 1 is 0.800 bits per heavy atom. The van der Waals surface area contributed by atoms with Crippen LogP contribution >= 0.6 is 45.3 Å². The van der Waals surface area contributed by atoms with Crippen molar-refractivity contribution < 1.29 is 0 Å². The van der Waals surface area contributed by atoms with Crippen molar-refractivity contribution in [1.82, 2.24) is 9.97 Å². The van der Waals surface area contributed by atoms with Crippen molar-refractivity contribution in [3.05, 3.63) is 48.5 Å². The molecule has 0 aliphatic heterocycles. The molecular weight excluding hydrogens is 587 g/mol. The molecule has 2 aromatic heterocycles. The number of rotatable bonds is 11. The van der Waals surface area contributed by atoms with Crippen LogP contribution in [0.4, 0.5) is 10.3 Å². The number of nitrogens with two attached hydrogens (primary N) is 2. The third-order valence-electron chi connectivity index (χ3n) is 5.19. The lowest BCUT2D eigenvalue weighted by Gasteiger charge is -2.14. The van der Waals surface area contributed by atoms with Gasteiger partial charge in [0.1, 0.15) is 0 Å². The predicted octanol–water partition coefficient (Wildman–Crippen LogP) is 8.14. The number of hydrogen-bond donors (Lipinski definition) is 3. The van der Waals surface area contributed by atoms with Gasteiger partial charge >= 0.3 is 0 Å². The van der Waals surface area contributed by atoms with Crippen molar-refractivity contribution in [1.29, 1.82) is 0 Å². The van der Waals surface area contributed by atoms with Crippen LogP contribution in [-0.4, -0.2) is 20.9 Å². The van der Waals surface area contributed by atoms with Gasteiger partial charge in [-0.15, -0.1) is 0 Å². The lowest BCUT2D eigenvalue weighted by atomic mass is 10.2. The number of unbranched alkanes of at least 4 members (excludes halogenated alkanes) is 6. The minimum Gasteiger partial charge on any atom is -0.300 e. The van der Waals surface area contributed by atoms with E-state index in [0.717, 1.165) is 39.0 Å².